The van der Waals surface area contributed by atoms with Crippen molar-refractivity contribution in [2.75, 3.05) is 11.5 Å². The maximum absolute atomic E-state index is 12.0. The van der Waals surface area contributed by atoms with E-state index in [1.54, 1.807) is 24.3 Å². The molecule has 4 N–H and O–H groups in total. The molecule has 18 heavy (non-hydrogen) atoms. The average Bonchev–Trinajstić information content (AvgIpc) is 2.32. The van der Waals surface area contributed by atoms with Gasteiger partial charge in [-0.25, -0.2) is 0 Å². The third-order valence-electron chi connectivity index (χ3n) is 2.27. The lowest BCUT2D eigenvalue weighted by Gasteiger charge is -2.08. The first-order chi connectivity index (χ1) is 8.49. The SMILES string of the molecule is Nc1ccc(OS(=O)(=O)c2ccccc2N)cc1. The lowest BCUT2D eigenvalue weighted by atomic mass is 10.3. The number of hydrogen-bond donors (Lipinski definition) is 2. The molecule has 0 radical (unpaired) electrons. The molecule has 6 heteroatoms. The Morgan fingerprint density at radius 2 is 1.50 bits per heavy atom. The molecule has 0 atom stereocenters. The van der Waals surface area contributed by atoms with E-state index in [1.807, 2.05) is 0 Å². The fourth-order valence-electron chi connectivity index (χ4n) is 1.40. The molecule has 0 fully saturated rings. The van der Waals surface area contributed by atoms with Crippen LogP contribution in [-0.4, -0.2) is 8.42 Å². The largest absolute Gasteiger partial charge is 0.399 e. The molecule has 0 saturated carbocycles. The van der Waals surface area contributed by atoms with Gasteiger partial charge in [-0.3, -0.25) is 0 Å². The molecule has 0 aliphatic rings. The number of para-hydroxylation sites is 1. The fourth-order valence-corrected chi connectivity index (χ4v) is 2.46. The quantitative estimate of drug-likeness (QED) is 0.648. The number of hydrogen-bond acceptors (Lipinski definition) is 5. The van der Waals surface area contributed by atoms with Crippen molar-refractivity contribution in [1.29, 1.82) is 0 Å². The summed E-state index contributed by atoms with van der Waals surface area (Å²) >= 11 is 0. The average molecular weight is 264 g/mol. The van der Waals surface area contributed by atoms with Crippen molar-refractivity contribution in [3.05, 3.63) is 48.5 Å². The van der Waals surface area contributed by atoms with Crippen LogP contribution < -0.4 is 15.7 Å². The van der Waals surface area contributed by atoms with E-state index < -0.39 is 10.1 Å². The second kappa shape index (κ2) is 4.58. The van der Waals surface area contributed by atoms with Crippen LogP contribution in [-0.2, 0) is 10.1 Å². The Balaban J connectivity index is 2.33. The Labute approximate surface area is 105 Å². The van der Waals surface area contributed by atoms with Gasteiger partial charge >= 0.3 is 10.1 Å². The standard InChI is InChI=1S/C12H12N2O3S/c13-9-5-7-10(8-6-9)17-18(15,16)12-4-2-1-3-11(12)14/h1-8H,13-14H2. The molecular formula is C12H12N2O3S. The van der Waals surface area contributed by atoms with Crippen molar-refractivity contribution in [3.63, 3.8) is 0 Å². The van der Waals surface area contributed by atoms with Crippen LogP contribution in [0.4, 0.5) is 11.4 Å². The highest BCUT2D eigenvalue weighted by atomic mass is 32.2. The van der Waals surface area contributed by atoms with Gasteiger partial charge in [0.15, 0.2) is 0 Å². The van der Waals surface area contributed by atoms with E-state index in [1.165, 1.54) is 24.3 Å². The minimum Gasteiger partial charge on any atom is -0.399 e. The molecule has 0 aromatic heterocycles. The van der Waals surface area contributed by atoms with Crippen molar-refractivity contribution >= 4 is 21.5 Å². The monoisotopic (exact) mass is 264 g/mol. The predicted molar refractivity (Wildman–Crippen MR) is 69.5 cm³/mol. The molecule has 0 amide bonds. The van der Waals surface area contributed by atoms with Crippen LogP contribution in [0, 0.1) is 0 Å². The van der Waals surface area contributed by atoms with Crippen LogP contribution in [0.1, 0.15) is 0 Å². The highest BCUT2D eigenvalue weighted by molar-refractivity contribution is 7.87. The first kappa shape index (κ1) is 12.3. The maximum atomic E-state index is 12.0. The Bertz CT molecular complexity index is 651. The summed E-state index contributed by atoms with van der Waals surface area (Å²) in [6.45, 7) is 0. The minimum absolute atomic E-state index is 0.0539. The maximum Gasteiger partial charge on any atom is 0.341 e. The van der Waals surface area contributed by atoms with Gasteiger partial charge in [0.25, 0.3) is 0 Å². The van der Waals surface area contributed by atoms with Gasteiger partial charge in [-0.15, -0.1) is 0 Å². The summed E-state index contributed by atoms with van der Waals surface area (Å²) in [6, 6.07) is 12.2. The summed E-state index contributed by atoms with van der Waals surface area (Å²) in [5.74, 6) is 0.187. The molecule has 2 aromatic carbocycles. The summed E-state index contributed by atoms with van der Waals surface area (Å²) < 4.78 is 28.9. The summed E-state index contributed by atoms with van der Waals surface area (Å²) in [6.07, 6.45) is 0. The molecule has 0 bridgehead atoms. The Morgan fingerprint density at radius 1 is 0.889 bits per heavy atom. The first-order valence-corrected chi connectivity index (χ1v) is 6.54. The van der Waals surface area contributed by atoms with Gasteiger partial charge < -0.3 is 15.7 Å². The normalized spacial score (nSPS) is 11.1. The summed E-state index contributed by atoms with van der Waals surface area (Å²) in [7, 11) is -3.92. The van der Waals surface area contributed by atoms with Gasteiger partial charge in [-0.1, -0.05) is 12.1 Å². The van der Waals surface area contributed by atoms with Crippen LogP contribution >= 0.6 is 0 Å². The number of rotatable bonds is 3. The second-order valence-corrected chi connectivity index (χ2v) is 5.16. The highest BCUT2D eigenvalue weighted by Gasteiger charge is 2.19. The van der Waals surface area contributed by atoms with Gasteiger partial charge in [-0.2, -0.15) is 8.42 Å². The zero-order chi connectivity index (χ0) is 13.2. The van der Waals surface area contributed by atoms with Crippen LogP contribution in [0.5, 0.6) is 5.75 Å². The third kappa shape index (κ3) is 2.54. The minimum atomic E-state index is -3.92. The molecular weight excluding hydrogens is 252 g/mol. The van der Waals surface area contributed by atoms with E-state index in [0.717, 1.165) is 0 Å². The molecule has 2 rings (SSSR count). The van der Waals surface area contributed by atoms with Crippen molar-refractivity contribution in [2.45, 2.75) is 4.90 Å². The number of anilines is 2. The van der Waals surface area contributed by atoms with Crippen molar-refractivity contribution < 1.29 is 12.6 Å². The molecule has 5 nitrogen and oxygen atoms in total. The summed E-state index contributed by atoms with van der Waals surface area (Å²) in [5, 5.41) is 0. The highest BCUT2D eigenvalue weighted by Crippen LogP contribution is 2.23. The molecule has 94 valence electrons. The van der Waals surface area contributed by atoms with E-state index >= 15 is 0 Å². The van der Waals surface area contributed by atoms with Gasteiger partial charge in [-0.05, 0) is 36.4 Å². The van der Waals surface area contributed by atoms with E-state index in [0.29, 0.717) is 5.69 Å². The predicted octanol–water partition coefficient (Wildman–Crippen LogP) is 1.62. The van der Waals surface area contributed by atoms with Crippen molar-refractivity contribution in [2.24, 2.45) is 0 Å². The molecule has 2 aromatic rings. The molecule has 0 aliphatic carbocycles. The lowest BCUT2D eigenvalue weighted by molar-refractivity contribution is 0.486. The lowest BCUT2D eigenvalue weighted by Crippen LogP contribution is -2.11. The van der Waals surface area contributed by atoms with Crippen LogP contribution in [0.25, 0.3) is 0 Å². The van der Waals surface area contributed by atoms with Gasteiger partial charge in [0.1, 0.15) is 10.6 Å². The van der Waals surface area contributed by atoms with Crippen LogP contribution in [0.15, 0.2) is 53.4 Å². The topological polar surface area (TPSA) is 95.4 Å². The number of nitrogen functional groups attached to an aromatic ring is 2. The zero-order valence-electron chi connectivity index (χ0n) is 9.41. The molecule has 0 heterocycles. The van der Waals surface area contributed by atoms with E-state index in [4.69, 9.17) is 15.7 Å². The van der Waals surface area contributed by atoms with E-state index in [2.05, 4.69) is 0 Å². The Hall–Kier alpha value is -2.21. The number of nitrogens with two attached hydrogens (primary N) is 2. The Morgan fingerprint density at radius 3 is 2.11 bits per heavy atom. The van der Waals surface area contributed by atoms with E-state index in [9.17, 15) is 8.42 Å². The van der Waals surface area contributed by atoms with Gasteiger partial charge in [0, 0.05) is 5.69 Å². The number of benzene rings is 2. The van der Waals surface area contributed by atoms with Gasteiger partial charge in [0.05, 0.1) is 5.69 Å². The first-order valence-electron chi connectivity index (χ1n) is 5.13. The summed E-state index contributed by atoms with van der Waals surface area (Å²) in [4.78, 5) is -0.0539. The second-order valence-electron chi connectivity index (χ2n) is 3.64. The fraction of sp³-hybridized carbons (Fsp3) is 0. The van der Waals surface area contributed by atoms with Crippen molar-refractivity contribution in [3.8, 4) is 5.75 Å². The third-order valence-corrected chi connectivity index (χ3v) is 3.60. The smallest absolute Gasteiger partial charge is 0.341 e. The van der Waals surface area contributed by atoms with Gasteiger partial charge in [0.2, 0.25) is 0 Å². The van der Waals surface area contributed by atoms with Crippen molar-refractivity contribution in [1.82, 2.24) is 0 Å². The van der Waals surface area contributed by atoms with Crippen LogP contribution in [0.2, 0.25) is 0 Å². The molecule has 0 unspecified atom stereocenters. The molecule has 0 aliphatic heterocycles. The molecule has 0 saturated heterocycles. The van der Waals surface area contributed by atoms with Crippen LogP contribution in [0.3, 0.4) is 0 Å². The molecule has 0 spiro atoms. The zero-order valence-corrected chi connectivity index (χ0v) is 10.2. The Kier molecular flexibility index (Phi) is 3.12. The van der Waals surface area contributed by atoms with E-state index in [-0.39, 0.29) is 16.3 Å². The summed E-state index contributed by atoms with van der Waals surface area (Å²) in [5.41, 5.74) is 11.8.